The Labute approximate surface area is 324 Å². The van der Waals surface area contributed by atoms with Crippen LogP contribution < -0.4 is 11.1 Å². The summed E-state index contributed by atoms with van der Waals surface area (Å²) in [6, 6.07) is 1.57. The molecule has 0 aromatic rings. The van der Waals surface area contributed by atoms with Gasteiger partial charge in [-0.1, -0.05) is 50.0 Å². The fraction of sp³-hybridized carbons (Fsp3) is 1.00. The average Bonchev–Trinajstić information content (AvgIpc) is 3.25. The SMILES string of the molecule is C.C.C.C.C.COC(C)COCCCCCCOC1(O)C[N+]2(CCNC2CC[Si](C)(O[Si](C)(C)O[Si](C)(C)C)O[Si](C)(CCN)O[Si](C)(C)C)C1. The second kappa shape index (κ2) is 24.3. The Bertz CT molecular complexity index is 910. The van der Waals surface area contributed by atoms with E-state index < -0.39 is 48.1 Å². The van der Waals surface area contributed by atoms with Crippen LogP contribution in [0.1, 0.15) is 76.2 Å². The highest BCUT2D eigenvalue weighted by Gasteiger charge is 2.62. The maximum Gasteiger partial charge on any atom is 0.317 e. The molecule has 2 heterocycles. The van der Waals surface area contributed by atoms with Gasteiger partial charge in [0, 0.05) is 26.2 Å². The van der Waals surface area contributed by atoms with Crippen LogP contribution >= 0.6 is 0 Å². The first-order valence-corrected chi connectivity index (χ1v) is 32.3. The lowest BCUT2D eigenvalue weighted by Crippen LogP contribution is -2.77. The van der Waals surface area contributed by atoms with E-state index in [9.17, 15) is 5.11 Å². The third-order valence-corrected chi connectivity index (χ3v) is 26.6. The Kier molecular flexibility index (Phi) is 27.8. The zero-order valence-corrected chi connectivity index (χ0v) is 36.6. The molecular formula is C35H92N3O8Si5+. The monoisotopic (exact) mass is 823 g/mol. The summed E-state index contributed by atoms with van der Waals surface area (Å²) in [7, 11) is -9.81. The van der Waals surface area contributed by atoms with Gasteiger partial charge in [0.25, 0.3) is 5.79 Å². The van der Waals surface area contributed by atoms with Crippen molar-refractivity contribution in [2.24, 2.45) is 5.73 Å². The smallest absolute Gasteiger partial charge is 0.317 e. The number of methoxy groups -OCH3 is 1. The summed E-state index contributed by atoms with van der Waals surface area (Å²) in [5.74, 6) is -1.05. The molecule has 51 heavy (non-hydrogen) atoms. The third-order valence-electron chi connectivity index (χ3n) is 8.47. The van der Waals surface area contributed by atoms with Gasteiger partial charge in [-0.25, -0.2) is 0 Å². The van der Waals surface area contributed by atoms with Gasteiger partial charge in [-0.2, -0.15) is 0 Å². The van der Waals surface area contributed by atoms with Crippen LogP contribution in [0, 0.1) is 0 Å². The molecule has 2 aliphatic heterocycles. The molecule has 0 aromatic heterocycles. The zero-order chi connectivity index (χ0) is 34.9. The van der Waals surface area contributed by atoms with Gasteiger partial charge in [-0.15, -0.1) is 0 Å². The molecule has 0 aliphatic carbocycles. The summed E-state index contributed by atoms with van der Waals surface area (Å²) in [4.78, 5) is 0. The van der Waals surface area contributed by atoms with Crippen LogP contribution in [0.15, 0.2) is 0 Å². The molecule has 314 valence electrons. The lowest BCUT2D eigenvalue weighted by molar-refractivity contribution is -1.00. The molecule has 4 unspecified atom stereocenters. The molecule has 4 atom stereocenters. The van der Waals surface area contributed by atoms with E-state index in [4.69, 9.17) is 36.4 Å². The summed E-state index contributed by atoms with van der Waals surface area (Å²) < 4.78 is 45.4. The van der Waals surface area contributed by atoms with Gasteiger partial charge in [0.2, 0.25) is 0 Å². The average molecular weight is 824 g/mol. The van der Waals surface area contributed by atoms with E-state index in [2.05, 4.69) is 70.8 Å². The summed E-state index contributed by atoms with van der Waals surface area (Å²) >= 11 is 0. The van der Waals surface area contributed by atoms with E-state index in [0.717, 1.165) is 68.4 Å². The quantitative estimate of drug-likeness (QED) is 0.0381. The Morgan fingerprint density at radius 3 is 1.80 bits per heavy atom. The van der Waals surface area contributed by atoms with E-state index >= 15 is 0 Å². The minimum Gasteiger partial charge on any atom is -0.437 e. The number of hydrogen-bond donors (Lipinski definition) is 3. The number of ether oxygens (including phenoxy) is 3. The number of quaternary nitrogens is 1. The van der Waals surface area contributed by atoms with Crippen molar-refractivity contribution in [2.75, 3.05) is 59.7 Å². The largest absolute Gasteiger partial charge is 0.437 e. The van der Waals surface area contributed by atoms with Gasteiger partial charge in [-0.3, -0.25) is 9.80 Å². The maximum absolute atomic E-state index is 11.2. The van der Waals surface area contributed by atoms with Crippen LogP contribution in [0.4, 0.5) is 0 Å². The standard InChI is InChI=1S/C30H72N3O8Si5.5CH4/c1-28(35-2)25-36-21-15-13-14-16-22-37-30(34)26-33(27-30)20-19-32-29(33)17-23-45(11,40-44(9,10)38-42(3,4)5)41-46(12,24-18-31)39-43(6,7)8;;;;;/h28-29,32,34H,13-27,31H2,1-12H3;5*1H4/q+1;;;;;. The van der Waals surface area contributed by atoms with Crippen molar-refractivity contribution < 1.29 is 40.3 Å². The fourth-order valence-electron chi connectivity index (χ4n) is 7.12. The molecule has 2 aliphatic rings. The number of hydrogen-bond acceptors (Lipinski definition) is 10. The van der Waals surface area contributed by atoms with Crippen LogP contribution in [0.2, 0.25) is 77.6 Å². The zero-order valence-electron chi connectivity index (χ0n) is 31.6. The Balaban J connectivity index is -0.00000221. The number of nitrogens with two attached hydrogens (primary N) is 1. The van der Waals surface area contributed by atoms with E-state index in [1.54, 1.807) is 7.11 Å². The van der Waals surface area contributed by atoms with Crippen LogP contribution in [-0.2, 0) is 30.7 Å². The number of unbranched alkanes of at least 4 members (excludes halogenated alkanes) is 3. The second-order valence-electron chi connectivity index (χ2n) is 16.4. The number of rotatable bonds is 24. The Morgan fingerprint density at radius 1 is 0.765 bits per heavy atom. The second-order valence-corrected chi connectivity index (χ2v) is 36.5. The molecule has 0 bridgehead atoms. The van der Waals surface area contributed by atoms with Gasteiger partial charge >= 0.3 is 25.7 Å². The molecule has 0 amide bonds. The first kappa shape index (κ1) is 58.4. The van der Waals surface area contributed by atoms with Crippen molar-refractivity contribution in [3.63, 3.8) is 0 Å². The number of aliphatic hydroxyl groups is 1. The van der Waals surface area contributed by atoms with Gasteiger partial charge < -0.3 is 41.5 Å². The highest BCUT2D eigenvalue weighted by Crippen LogP contribution is 2.39. The highest BCUT2D eigenvalue weighted by atomic mass is 28.5. The normalized spacial score (nSPS) is 24.7. The fourth-order valence-corrected chi connectivity index (χ4v) is 30.6. The number of nitrogens with one attached hydrogen (secondary N) is 1. The maximum atomic E-state index is 11.2. The number of nitrogens with zero attached hydrogens (tertiary/aromatic N) is 1. The lowest BCUT2D eigenvalue weighted by atomic mass is 10.0. The molecular weight excluding hydrogens is 731 g/mol. The van der Waals surface area contributed by atoms with Crippen LogP contribution in [0.5, 0.6) is 0 Å². The van der Waals surface area contributed by atoms with E-state index in [-0.39, 0.29) is 49.4 Å². The van der Waals surface area contributed by atoms with Gasteiger partial charge in [-0.05, 0) is 97.8 Å². The highest BCUT2D eigenvalue weighted by molar-refractivity contribution is 6.90. The molecule has 2 fully saturated rings. The van der Waals surface area contributed by atoms with E-state index in [1.165, 1.54) is 0 Å². The first-order valence-electron chi connectivity index (χ1n) is 17.6. The lowest BCUT2D eigenvalue weighted by Gasteiger charge is -2.54. The predicted octanol–water partition coefficient (Wildman–Crippen LogP) is 8.17. The summed E-state index contributed by atoms with van der Waals surface area (Å²) in [6.45, 7) is 29.7. The van der Waals surface area contributed by atoms with E-state index in [0.29, 0.717) is 32.8 Å². The van der Waals surface area contributed by atoms with Crippen molar-refractivity contribution in [3.05, 3.63) is 0 Å². The third kappa shape index (κ3) is 21.5. The molecule has 0 aromatic carbocycles. The van der Waals surface area contributed by atoms with Crippen LogP contribution in [0.25, 0.3) is 0 Å². The topological polar surface area (TPSA) is 123 Å². The summed E-state index contributed by atoms with van der Waals surface area (Å²) in [5.41, 5.74) is 6.11. The van der Waals surface area contributed by atoms with Gasteiger partial charge in [0.15, 0.2) is 16.6 Å². The first-order chi connectivity index (χ1) is 21.1. The molecule has 4 N–H and O–H groups in total. The summed E-state index contributed by atoms with van der Waals surface area (Å²) in [5, 5.41) is 15.0. The minimum atomic E-state index is -2.76. The Hall–Kier alpha value is 0.644. The molecule has 11 nitrogen and oxygen atoms in total. The Morgan fingerprint density at radius 2 is 1.29 bits per heavy atom. The molecule has 1 spiro atoms. The van der Waals surface area contributed by atoms with Crippen LogP contribution in [0.3, 0.4) is 0 Å². The molecule has 16 heteroatoms. The van der Waals surface area contributed by atoms with Crippen molar-refractivity contribution in [1.29, 1.82) is 0 Å². The molecule has 2 saturated heterocycles. The van der Waals surface area contributed by atoms with Crippen molar-refractivity contribution in [3.8, 4) is 0 Å². The molecule has 0 radical (unpaired) electrons. The molecule has 2 rings (SSSR count). The molecule has 0 saturated carbocycles. The van der Waals surface area contributed by atoms with Crippen molar-refractivity contribution in [2.45, 2.75) is 172 Å². The van der Waals surface area contributed by atoms with Crippen molar-refractivity contribution in [1.82, 2.24) is 5.32 Å². The van der Waals surface area contributed by atoms with Gasteiger partial charge in [0.1, 0.15) is 19.3 Å². The minimum absolute atomic E-state index is 0. The van der Waals surface area contributed by atoms with E-state index in [1.807, 2.05) is 6.92 Å². The van der Waals surface area contributed by atoms with Crippen LogP contribution in [-0.4, -0.2) is 130 Å². The predicted molar refractivity (Wildman–Crippen MR) is 232 cm³/mol. The van der Waals surface area contributed by atoms with Crippen molar-refractivity contribution >= 4 is 42.3 Å². The van der Waals surface area contributed by atoms with Gasteiger partial charge in [0.05, 0.1) is 32.4 Å². The summed E-state index contributed by atoms with van der Waals surface area (Å²) in [6.07, 6.45) is 5.42.